The van der Waals surface area contributed by atoms with Gasteiger partial charge in [0.1, 0.15) is 5.15 Å². The number of hydrogen-bond acceptors (Lipinski definition) is 3. The fourth-order valence-electron chi connectivity index (χ4n) is 2.51. The van der Waals surface area contributed by atoms with Crippen LogP contribution >= 0.6 is 11.6 Å². The molecule has 1 aromatic rings. The topological polar surface area (TPSA) is 51.2 Å². The summed E-state index contributed by atoms with van der Waals surface area (Å²) in [5, 5.41) is 3.30. The molecule has 5 heteroatoms. The van der Waals surface area contributed by atoms with Crippen molar-refractivity contribution >= 4 is 23.2 Å². The summed E-state index contributed by atoms with van der Waals surface area (Å²) in [6, 6.07) is 1.79. The minimum absolute atomic E-state index is 0.0508. The molecule has 0 aliphatic carbocycles. The third-order valence-corrected chi connectivity index (χ3v) is 3.62. The van der Waals surface area contributed by atoms with E-state index in [2.05, 4.69) is 10.3 Å². The monoisotopic (exact) mass is 238 g/mol. The van der Waals surface area contributed by atoms with Gasteiger partial charge in [-0.2, -0.15) is 0 Å². The van der Waals surface area contributed by atoms with Gasteiger partial charge in [0, 0.05) is 13.2 Å². The Hall–Kier alpha value is -1.13. The van der Waals surface area contributed by atoms with Gasteiger partial charge >= 0.3 is 0 Å². The molecule has 1 spiro atoms. The second kappa shape index (κ2) is 3.43. The number of rotatable bonds is 0. The fraction of sp³-hybridized carbons (Fsp3) is 0.455. The first kappa shape index (κ1) is 10.1. The Kier molecular flexibility index (Phi) is 2.16. The molecule has 0 bridgehead atoms. The average molecular weight is 239 g/mol. The fourth-order valence-corrected chi connectivity index (χ4v) is 2.66. The molecule has 2 aliphatic rings. The van der Waals surface area contributed by atoms with Crippen molar-refractivity contribution in [2.24, 2.45) is 0 Å². The molecule has 0 saturated carbocycles. The number of nitrogens with zero attached hydrogens (tertiary/aromatic N) is 1. The number of amides is 1. The van der Waals surface area contributed by atoms with Gasteiger partial charge in [0.05, 0.1) is 17.3 Å². The number of carbonyl (C=O) groups excluding carboxylic acids is 1. The lowest BCUT2D eigenvalue weighted by atomic mass is 9.75. The Balaban J connectivity index is 2.13. The largest absolute Gasteiger partial charge is 0.381 e. The summed E-state index contributed by atoms with van der Waals surface area (Å²) in [6.07, 6.45) is 3.05. The zero-order valence-electron chi connectivity index (χ0n) is 8.62. The predicted octanol–water partition coefficient (Wildman–Crippen LogP) is 1.74. The van der Waals surface area contributed by atoms with Crippen molar-refractivity contribution in [3.05, 3.63) is 23.0 Å². The van der Waals surface area contributed by atoms with Crippen molar-refractivity contribution < 1.29 is 9.53 Å². The number of carbonyl (C=O) groups is 1. The van der Waals surface area contributed by atoms with E-state index in [0.29, 0.717) is 31.2 Å². The summed E-state index contributed by atoms with van der Waals surface area (Å²) in [5.41, 5.74) is 1.32. The molecule has 3 heterocycles. The van der Waals surface area contributed by atoms with Crippen molar-refractivity contribution in [2.45, 2.75) is 18.3 Å². The van der Waals surface area contributed by atoms with Crippen LogP contribution in [0.15, 0.2) is 12.3 Å². The summed E-state index contributed by atoms with van der Waals surface area (Å²) in [6.45, 7) is 1.24. The minimum Gasteiger partial charge on any atom is -0.381 e. The van der Waals surface area contributed by atoms with Crippen molar-refractivity contribution in [3.63, 3.8) is 0 Å². The predicted molar refractivity (Wildman–Crippen MR) is 59.6 cm³/mol. The molecule has 0 radical (unpaired) electrons. The molecule has 1 amide bonds. The first-order valence-corrected chi connectivity index (χ1v) is 5.65. The molecule has 0 aromatic carbocycles. The quantitative estimate of drug-likeness (QED) is 0.701. The maximum Gasteiger partial charge on any atom is 0.235 e. The number of nitrogens with one attached hydrogen (secondary N) is 1. The summed E-state index contributed by atoms with van der Waals surface area (Å²) in [4.78, 5) is 16.1. The highest BCUT2D eigenvalue weighted by molar-refractivity contribution is 6.29. The summed E-state index contributed by atoms with van der Waals surface area (Å²) >= 11 is 5.89. The SMILES string of the molecule is O=C1Nc2cnc(Cl)cc2C12CCOCC2. The average Bonchev–Trinajstić information content (AvgIpc) is 2.55. The summed E-state index contributed by atoms with van der Waals surface area (Å²) in [5.74, 6) is 0.0508. The van der Waals surface area contributed by atoms with E-state index in [1.807, 2.05) is 0 Å². The van der Waals surface area contributed by atoms with Gasteiger partial charge in [-0.05, 0) is 24.5 Å². The molecule has 2 aliphatic heterocycles. The standard InChI is InChI=1S/C11H11ClN2O2/c12-9-5-7-8(6-13-9)14-10(15)11(7)1-3-16-4-2-11/h5-6H,1-4H2,(H,14,15). The van der Waals surface area contributed by atoms with Crippen LogP contribution in [0.4, 0.5) is 5.69 Å². The van der Waals surface area contributed by atoms with Gasteiger partial charge in [0.2, 0.25) is 5.91 Å². The van der Waals surface area contributed by atoms with E-state index in [1.165, 1.54) is 0 Å². The lowest BCUT2D eigenvalue weighted by Crippen LogP contribution is -2.39. The van der Waals surface area contributed by atoms with Crippen molar-refractivity contribution in [1.29, 1.82) is 0 Å². The zero-order valence-corrected chi connectivity index (χ0v) is 9.38. The number of halogens is 1. The highest BCUT2D eigenvalue weighted by atomic mass is 35.5. The van der Waals surface area contributed by atoms with E-state index < -0.39 is 5.41 Å². The van der Waals surface area contributed by atoms with E-state index >= 15 is 0 Å². The molecule has 1 fully saturated rings. The Morgan fingerprint density at radius 1 is 1.44 bits per heavy atom. The van der Waals surface area contributed by atoms with Crippen molar-refractivity contribution in [1.82, 2.24) is 4.98 Å². The third kappa shape index (κ3) is 1.26. The molecule has 84 valence electrons. The van der Waals surface area contributed by atoms with Crippen LogP contribution in [0.5, 0.6) is 0 Å². The van der Waals surface area contributed by atoms with Crippen LogP contribution < -0.4 is 5.32 Å². The van der Waals surface area contributed by atoms with Gasteiger partial charge in [0.25, 0.3) is 0 Å². The first-order valence-electron chi connectivity index (χ1n) is 5.28. The van der Waals surface area contributed by atoms with E-state index in [-0.39, 0.29) is 5.91 Å². The van der Waals surface area contributed by atoms with E-state index in [9.17, 15) is 4.79 Å². The molecule has 3 rings (SSSR count). The van der Waals surface area contributed by atoms with Crippen LogP contribution in [0, 0.1) is 0 Å². The normalized spacial score (nSPS) is 21.9. The molecule has 0 unspecified atom stereocenters. The molecule has 0 atom stereocenters. The lowest BCUT2D eigenvalue weighted by Gasteiger charge is -2.31. The van der Waals surface area contributed by atoms with Gasteiger partial charge in [-0.1, -0.05) is 11.6 Å². The maximum atomic E-state index is 12.1. The molecule has 1 aromatic heterocycles. The number of fused-ring (bicyclic) bond motifs is 2. The summed E-state index contributed by atoms with van der Waals surface area (Å²) < 4.78 is 5.32. The minimum atomic E-state index is -0.444. The van der Waals surface area contributed by atoms with Gasteiger partial charge in [-0.15, -0.1) is 0 Å². The molecule has 1 saturated heterocycles. The smallest absolute Gasteiger partial charge is 0.235 e. The number of pyridine rings is 1. The Morgan fingerprint density at radius 2 is 2.19 bits per heavy atom. The highest BCUT2D eigenvalue weighted by Crippen LogP contribution is 2.44. The molecule has 4 nitrogen and oxygen atoms in total. The van der Waals surface area contributed by atoms with Crippen LogP contribution in [-0.4, -0.2) is 24.1 Å². The van der Waals surface area contributed by atoms with Crippen molar-refractivity contribution in [3.8, 4) is 0 Å². The number of aromatic nitrogens is 1. The van der Waals surface area contributed by atoms with E-state index in [0.717, 1.165) is 11.3 Å². The third-order valence-electron chi connectivity index (χ3n) is 3.42. The van der Waals surface area contributed by atoms with Crippen molar-refractivity contribution in [2.75, 3.05) is 18.5 Å². The maximum absolute atomic E-state index is 12.1. The number of hydrogen-bond donors (Lipinski definition) is 1. The number of anilines is 1. The van der Waals surface area contributed by atoms with Crippen LogP contribution in [0.2, 0.25) is 5.15 Å². The van der Waals surface area contributed by atoms with Gasteiger partial charge in [-0.3, -0.25) is 4.79 Å². The van der Waals surface area contributed by atoms with Crippen LogP contribution in [0.25, 0.3) is 0 Å². The van der Waals surface area contributed by atoms with Gasteiger partial charge in [0.15, 0.2) is 0 Å². The van der Waals surface area contributed by atoms with Crippen LogP contribution in [0.1, 0.15) is 18.4 Å². The second-order valence-corrected chi connectivity index (χ2v) is 4.59. The number of ether oxygens (including phenoxy) is 1. The Morgan fingerprint density at radius 3 is 2.94 bits per heavy atom. The summed E-state index contributed by atoms with van der Waals surface area (Å²) in [7, 11) is 0. The molecule has 1 N–H and O–H groups in total. The highest BCUT2D eigenvalue weighted by Gasteiger charge is 2.47. The first-order chi connectivity index (χ1) is 7.72. The lowest BCUT2D eigenvalue weighted by molar-refractivity contribution is -0.124. The molecule has 16 heavy (non-hydrogen) atoms. The second-order valence-electron chi connectivity index (χ2n) is 4.20. The van der Waals surface area contributed by atoms with Crippen LogP contribution in [0.3, 0.4) is 0 Å². The van der Waals surface area contributed by atoms with E-state index in [4.69, 9.17) is 16.3 Å². The molecular formula is C11H11ClN2O2. The van der Waals surface area contributed by atoms with E-state index in [1.54, 1.807) is 12.3 Å². The van der Waals surface area contributed by atoms with Gasteiger partial charge in [-0.25, -0.2) is 4.98 Å². The van der Waals surface area contributed by atoms with Crippen LogP contribution in [-0.2, 0) is 14.9 Å². The molecular weight excluding hydrogens is 228 g/mol. The Labute approximate surface area is 98.0 Å². The Bertz CT molecular complexity index is 455. The van der Waals surface area contributed by atoms with Gasteiger partial charge < -0.3 is 10.1 Å². The zero-order chi connectivity index (χ0) is 11.2.